The number of amides is 4. The molecule has 0 rings (SSSR count). The zero-order valence-electron chi connectivity index (χ0n) is 17.9. The zero-order valence-corrected chi connectivity index (χ0v) is 18.8. The van der Waals surface area contributed by atoms with Gasteiger partial charge in [0.05, 0.1) is 12.5 Å². The molecule has 0 saturated heterocycles. The van der Waals surface area contributed by atoms with E-state index in [4.69, 9.17) is 16.6 Å². The van der Waals surface area contributed by atoms with E-state index in [9.17, 15) is 33.9 Å². The molecule has 0 spiro atoms. The van der Waals surface area contributed by atoms with Crippen molar-refractivity contribution in [3.05, 3.63) is 0 Å². The standard InChI is InChI=1S/C18H31N5O8S/c1-8(2)5-11(18(30)31)22-17(29)12(7-32)23-16(28)10(3-4-14(25)26)21-15(27)9(19)6-13(20)24/h8-12,32H,3-7,19H2,1-2H3,(H2,20,24)(H,21,27)(H,22,29)(H,23,28)(H,25,26)(H,30,31). The van der Waals surface area contributed by atoms with Crippen LogP contribution in [-0.2, 0) is 28.8 Å². The van der Waals surface area contributed by atoms with Crippen LogP contribution in [-0.4, -0.2) is 75.7 Å². The molecular weight excluding hydrogens is 446 g/mol. The monoisotopic (exact) mass is 477 g/mol. The molecule has 0 aromatic heterocycles. The van der Waals surface area contributed by atoms with E-state index in [1.807, 2.05) is 0 Å². The van der Waals surface area contributed by atoms with Gasteiger partial charge in [0.25, 0.3) is 0 Å². The quantitative estimate of drug-likeness (QED) is 0.117. The van der Waals surface area contributed by atoms with Crippen LogP contribution < -0.4 is 27.4 Å². The number of nitrogens with one attached hydrogen (secondary N) is 3. The second-order valence-corrected chi connectivity index (χ2v) is 7.91. The number of carboxylic acid groups (broad SMARTS) is 2. The number of hydrogen-bond acceptors (Lipinski definition) is 8. The summed E-state index contributed by atoms with van der Waals surface area (Å²) in [6.45, 7) is 3.55. The minimum Gasteiger partial charge on any atom is -0.481 e. The van der Waals surface area contributed by atoms with Gasteiger partial charge < -0.3 is 37.6 Å². The largest absolute Gasteiger partial charge is 0.481 e. The van der Waals surface area contributed by atoms with Gasteiger partial charge in [-0.1, -0.05) is 13.8 Å². The summed E-state index contributed by atoms with van der Waals surface area (Å²) >= 11 is 3.99. The Kier molecular flexibility index (Phi) is 13.0. The van der Waals surface area contributed by atoms with Gasteiger partial charge in [-0.05, 0) is 18.8 Å². The number of nitrogens with two attached hydrogens (primary N) is 2. The van der Waals surface area contributed by atoms with E-state index >= 15 is 0 Å². The third kappa shape index (κ3) is 11.5. The van der Waals surface area contributed by atoms with Gasteiger partial charge in [-0.3, -0.25) is 24.0 Å². The van der Waals surface area contributed by atoms with E-state index in [1.54, 1.807) is 13.8 Å². The summed E-state index contributed by atoms with van der Waals surface area (Å²) in [5, 5.41) is 25.0. The Morgan fingerprint density at radius 2 is 1.38 bits per heavy atom. The lowest BCUT2D eigenvalue weighted by Crippen LogP contribution is -2.58. The highest BCUT2D eigenvalue weighted by molar-refractivity contribution is 7.80. The molecule has 0 aliphatic heterocycles. The molecule has 13 nitrogen and oxygen atoms in total. The van der Waals surface area contributed by atoms with Crippen LogP contribution >= 0.6 is 12.6 Å². The second kappa shape index (κ2) is 14.2. The summed E-state index contributed by atoms with van der Waals surface area (Å²) in [5.41, 5.74) is 10.5. The molecule has 0 bridgehead atoms. The Morgan fingerprint density at radius 1 is 0.875 bits per heavy atom. The predicted molar refractivity (Wildman–Crippen MR) is 115 cm³/mol. The van der Waals surface area contributed by atoms with E-state index < -0.39 is 72.6 Å². The van der Waals surface area contributed by atoms with Crippen molar-refractivity contribution in [2.45, 2.75) is 63.7 Å². The van der Waals surface area contributed by atoms with Crippen LogP contribution in [0, 0.1) is 5.92 Å². The van der Waals surface area contributed by atoms with E-state index in [-0.39, 0.29) is 24.5 Å². The first-order valence-electron chi connectivity index (χ1n) is 9.78. The Bertz CT molecular complexity index is 717. The Hall–Kier alpha value is -2.87. The van der Waals surface area contributed by atoms with Crippen LogP contribution in [0.3, 0.4) is 0 Å². The molecule has 4 amide bonds. The van der Waals surface area contributed by atoms with Gasteiger partial charge in [-0.25, -0.2) is 4.79 Å². The molecule has 182 valence electrons. The van der Waals surface area contributed by atoms with E-state index in [0.717, 1.165) is 0 Å². The molecule has 9 N–H and O–H groups in total. The number of aliphatic carboxylic acids is 2. The summed E-state index contributed by atoms with van der Waals surface area (Å²) in [4.78, 5) is 70.4. The molecule has 0 saturated carbocycles. The van der Waals surface area contributed by atoms with Gasteiger partial charge in [0.1, 0.15) is 18.1 Å². The first kappa shape index (κ1) is 29.1. The normalized spacial score (nSPS) is 14.5. The average Bonchev–Trinajstić information content (AvgIpc) is 2.66. The number of hydrogen-bond donors (Lipinski definition) is 8. The van der Waals surface area contributed by atoms with E-state index in [1.165, 1.54) is 0 Å². The maximum Gasteiger partial charge on any atom is 0.326 e. The molecule has 14 heteroatoms. The van der Waals surface area contributed by atoms with Crippen molar-refractivity contribution < 1.29 is 39.0 Å². The van der Waals surface area contributed by atoms with Crippen LogP contribution in [0.1, 0.15) is 39.5 Å². The highest BCUT2D eigenvalue weighted by Crippen LogP contribution is 2.06. The first-order chi connectivity index (χ1) is 14.8. The van der Waals surface area contributed by atoms with Crippen molar-refractivity contribution in [3.63, 3.8) is 0 Å². The molecule has 0 aliphatic rings. The van der Waals surface area contributed by atoms with Gasteiger partial charge in [0.15, 0.2) is 0 Å². The van der Waals surface area contributed by atoms with E-state index in [2.05, 4.69) is 28.6 Å². The van der Waals surface area contributed by atoms with Crippen molar-refractivity contribution in [2.24, 2.45) is 17.4 Å². The first-order valence-corrected chi connectivity index (χ1v) is 10.4. The zero-order chi connectivity index (χ0) is 25.0. The SMILES string of the molecule is CC(C)CC(NC(=O)C(CS)NC(=O)C(CCC(=O)O)NC(=O)C(N)CC(N)=O)C(=O)O. The summed E-state index contributed by atoms with van der Waals surface area (Å²) in [5.74, 6) is -6.19. The molecule has 4 atom stereocenters. The lowest BCUT2D eigenvalue weighted by molar-refractivity contribution is -0.142. The molecule has 0 heterocycles. The number of primary amides is 1. The summed E-state index contributed by atoms with van der Waals surface area (Å²) in [6, 6.07) is -5.19. The lowest BCUT2D eigenvalue weighted by atomic mass is 10.0. The number of rotatable bonds is 15. The van der Waals surface area contributed by atoms with Gasteiger partial charge in [-0.15, -0.1) is 0 Å². The summed E-state index contributed by atoms with van der Waals surface area (Å²) in [7, 11) is 0. The minimum atomic E-state index is -1.39. The molecular formula is C18H31N5O8S. The van der Waals surface area contributed by atoms with Crippen LogP contribution in [0.15, 0.2) is 0 Å². The van der Waals surface area contributed by atoms with Crippen LogP contribution in [0.25, 0.3) is 0 Å². The third-order valence-corrected chi connectivity index (χ3v) is 4.54. The van der Waals surface area contributed by atoms with Crippen molar-refractivity contribution >= 4 is 48.2 Å². The number of carbonyl (C=O) groups excluding carboxylic acids is 4. The highest BCUT2D eigenvalue weighted by Gasteiger charge is 2.30. The lowest BCUT2D eigenvalue weighted by Gasteiger charge is -2.24. The van der Waals surface area contributed by atoms with Crippen LogP contribution in [0.5, 0.6) is 0 Å². The van der Waals surface area contributed by atoms with Crippen LogP contribution in [0.2, 0.25) is 0 Å². The van der Waals surface area contributed by atoms with Crippen LogP contribution in [0.4, 0.5) is 0 Å². The van der Waals surface area contributed by atoms with Crippen molar-refractivity contribution in [1.29, 1.82) is 0 Å². The third-order valence-electron chi connectivity index (χ3n) is 4.17. The van der Waals surface area contributed by atoms with Crippen molar-refractivity contribution in [1.82, 2.24) is 16.0 Å². The molecule has 0 aliphatic carbocycles. The topological polar surface area (TPSA) is 231 Å². The van der Waals surface area contributed by atoms with Gasteiger partial charge in [0, 0.05) is 12.2 Å². The summed E-state index contributed by atoms with van der Waals surface area (Å²) in [6.07, 6.45) is -1.16. The minimum absolute atomic E-state index is 0.0272. The average molecular weight is 478 g/mol. The maximum absolute atomic E-state index is 12.6. The van der Waals surface area contributed by atoms with Gasteiger partial charge in [-0.2, -0.15) is 12.6 Å². The molecule has 0 aromatic rings. The van der Waals surface area contributed by atoms with Crippen molar-refractivity contribution in [3.8, 4) is 0 Å². The highest BCUT2D eigenvalue weighted by atomic mass is 32.1. The predicted octanol–water partition coefficient (Wildman–Crippen LogP) is -2.43. The molecule has 0 radical (unpaired) electrons. The second-order valence-electron chi connectivity index (χ2n) is 7.54. The number of carboxylic acids is 2. The van der Waals surface area contributed by atoms with Crippen molar-refractivity contribution in [2.75, 3.05) is 5.75 Å². The molecule has 0 fully saturated rings. The Morgan fingerprint density at radius 3 is 1.81 bits per heavy atom. The fourth-order valence-electron chi connectivity index (χ4n) is 2.56. The summed E-state index contributed by atoms with van der Waals surface area (Å²) < 4.78 is 0. The maximum atomic E-state index is 12.6. The number of thiol groups is 1. The Labute approximate surface area is 190 Å². The fourth-order valence-corrected chi connectivity index (χ4v) is 2.81. The molecule has 0 aromatic carbocycles. The molecule has 32 heavy (non-hydrogen) atoms. The van der Waals surface area contributed by atoms with Gasteiger partial charge in [0.2, 0.25) is 23.6 Å². The van der Waals surface area contributed by atoms with Gasteiger partial charge >= 0.3 is 11.9 Å². The smallest absolute Gasteiger partial charge is 0.326 e. The number of carbonyl (C=O) groups is 6. The fraction of sp³-hybridized carbons (Fsp3) is 0.667. The Balaban J connectivity index is 5.32. The molecule has 4 unspecified atom stereocenters. The van der Waals surface area contributed by atoms with E-state index in [0.29, 0.717) is 0 Å².